The lowest BCUT2D eigenvalue weighted by molar-refractivity contribution is -0.121. The summed E-state index contributed by atoms with van der Waals surface area (Å²) in [6, 6.07) is 10.1. The summed E-state index contributed by atoms with van der Waals surface area (Å²) >= 11 is 1.33. The van der Waals surface area contributed by atoms with E-state index in [1.165, 1.54) is 17.3 Å². The number of benzene rings is 1. The van der Waals surface area contributed by atoms with Gasteiger partial charge in [-0.3, -0.25) is 9.59 Å². The molecule has 0 bridgehead atoms. The van der Waals surface area contributed by atoms with Gasteiger partial charge in [0.05, 0.1) is 0 Å². The Bertz CT molecular complexity index is 464. The number of rotatable bonds is 6. The fourth-order valence-electron chi connectivity index (χ4n) is 2.12. The van der Waals surface area contributed by atoms with Crippen molar-refractivity contribution < 1.29 is 9.59 Å². The van der Waals surface area contributed by atoms with Crippen molar-refractivity contribution in [3.8, 4) is 0 Å². The molecule has 1 saturated heterocycles. The number of carbonyl (C=O) groups is 2. The van der Waals surface area contributed by atoms with E-state index in [1.807, 2.05) is 18.2 Å². The van der Waals surface area contributed by atoms with Crippen LogP contribution in [0.1, 0.15) is 24.8 Å². The Balaban J connectivity index is 1.68. The molecule has 1 atom stereocenters. The lowest BCUT2D eigenvalue weighted by Crippen LogP contribution is -2.32. The van der Waals surface area contributed by atoms with E-state index < -0.39 is 0 Å². The summed E-state index contributed by atoms with van der Waals surface area (Å²) in [5.74, 6) is 1.15. The smallest absolute Gasteiger partial charge is 0.281 e. The number of nitrogens with zero attached hydrogens (tertiary/aromatic N) is 1. The molecular formula is C15H20N2O2S. The van der Waals surface area contributed by atoms with Gasteiger partial charge in [-0.1, -0.05) is 49.0 Å². The highest BCUT2D eigenvalue weighted by molar-refractivity contribution is 8.13. The average molecular weight is 292 g/mol. The van der Waals surface area contributed by atoms with Gasteiger partial charge in [-0.2, -0.15) is 0 Å². The topological polar surface area (TPSA) is 49.4 Å². The van der Waals surface area contributed by atoms with Crippen molar-refractivity contribution >= 4 is 22.9 Å². The lowest BCUT2D eigenvalue weighted by atomic mass is 10.0. The third-order valence-corrected chi connectivity index (χ3v) is 4.32. The SMILES string of the molecule is CC(CNC(=O)CCN1CCSC1=O)c1ccccc1. The maximum absolute atomic E-state index is 11.8. The number of carbonyl (C=O) groups excluding carboxylic acids is 2. The minimum absolute atomic E-state index is 0.0116. The number of thioether (sulfide) groups is 1. The van der Waals surface area contributed by atoms with Crippen LogP contribution in [0, 0.1) is 0 Å². The molecule has 108 valence electrons. The standard InChI is InChI=1S/C15H20N2O2S/c1-12(13-5-3-2-4-6-13)11-16-14(18)7-8-17-9-10-20-15(17)19/h2-6,12H,7-11H2,1H3,(H,16,18). The molecule has 1 aromatic rings. The summed E-state index contributed by atoms with van der Waals surface area (Å²) in [5, 5.41) is 3.03. The minimum atomic E-state index is 0.0116. The lowest BCUT2D eigenvalue weighted by Gasteiger charge is -2.16. The first-order valence-corrected chi connectivity index (χ1v) is 7.88. The molecule has 1 aliphatic heterocycles. The molecule has 0 radical (unpaired) electrons. The van der Waals surface area contributed by atoms with Gasteiger partial charge in [-0.25, -0.2) is 0 Å². The van der Waals surface area contributed by atoms with E-state index in [-0.39, 0.29) is 11.1 Å². The second-order valence-corrected chi connectivity index (χ2v) is 6.01. The van der Waals surface area contributed by atoms with E-state index in [9.17, 15) is 9.59 Å². The van der Waals surface area contributed by atoms with Crippen LogP contribution < -0.4 is 5.32 Å². The Morgan fingerprint density at radius 1 is 1.40 bits per heavy atom. The van der Waals surface area contributed by atoms with Crippen LogP contribution in [0.25, 0.3) is 0 Å². The van der Waals surface area contributed by atoms with Gasteiger partial charge in [0.2, 0.25) is 5.91 Å². The molecule has 1 aliphatic rings. The van der Waals surface area contributed by atoms with Gasteiger partial charge in [-0.15, -0.1) is 0 Å². The van der Waals surface area contributed by atoms with Crippen LogP contribution in [0.15, 0.2) is 30.3 Å². The first-order valence-electron chi connectivity index (χ1n) is 6.90. The van der Waals surface area contributed by atoms with E-state index in [2.05, 4.69) is 24.4 Å². The Labute approximate surface area is 123 Å². The van der Waals surface area contributed by atoms with Crippen molar-refractivity contribution in [1.82, 2.24) is 10.2 Å². The fourth-order valence-corrected chi connectivity index (χ4v) is 2.97. The number of amides is 2. The second kappa shape index (κ2) is 7.33. The summed E-state index contributed by atoms with van der Waals surface area (Å²) < 4.78 is 0. The first-order chi connectivity index (χ1) is 9.66. The predicted octanol–water partition coefficient (Wildman–Crippen LogP) is 2.47. The normalized spacial score (nSPS) is 16.2. The molecule has 1 heterocycles. The van der Waals surface area contributed by atoms with Gasteiger partial charge >= 0.3 is 0 Å². The van der Waals surface area contributed by atoms with Crippen molar-refractivity contribution in [3.63, 3.8) is 0 Å². The van der Waals surface area contributed by atoms with E-state index in [0.29, 0.717) is 25.4 Å². The van der Waals surface area contributed by atoms with E-state index in [4.69, 9.17) is 0 Å². The van der Waals surface area contributed by atoms with Crippen molar-refractivity contribution in [2.75, 3.05) is 25.4 Å². The van der Waals surface area contributed by atoms with Gasteiger partial charge in [0, 0.05) is 31.8 Å². The molecule has 1 fully saturated rings. The van der Waals surface area contributed by atoms with Crippen LogP contribution in [-0.4, -0.2) is 41.4 Å². The molecule has 20 heavy (non-hydrogen) atoms. The summed E-state index contributed by atoms with van der Waals surface area (Å²) in [4.78, 5) is 24.9. The van der Waals surface area contributed by atoms with Crippen molar-refractivity contribution in [1.29, 1.82) is 0 Å². The van der Waals surface area contributed by atoms with Crippen LogP contribution >= 0.6 is 11.8 Å². The molecule has 2 amide bonds. The third-order valence-electron chi connectivity index (χ3n) is 3.43. The highest BCUT2D eigenvalue weighted by Crippen LogP contribution is 2.17. The zero-order chi connectivity index (χ0) is 14.4. The number of hydrogen-bond donors (Lipinski definition) is 1. The highest BCUT2D eigenvalue weighted by Gasteiger charge is 2.21. The molecule has 1 N–H and O–H groups in total. The first kappa shape index (κ1) is 14.9. The van der Waals surface area contributed by atoms with Crippen LogP contribution in [-0.2, 0) is 4.79 Å². The largest absolute Gasteiger partial charge is 0.355 e. The quantitative estimate of drug-likeness (QED) is 0.876. The summed E-state index contributed by atoms with van der Waals surface area (Å²) in [7, 11) is 0. The second-order valence-electron chi connectivity index (χ2n) is 4.97. The molecule has 0 saturated carbocycles. The molecule has 0 spiro atoms. The van der Waals surface area contributed by atoms with Crippen molar-refractivity contribution in [3.05, 3.63) is 35.9 Å². The van der Waals surface area contributed by atoms with Gasteiger partial charge in [0.25, 0.3) is 5.24 Å². The predicted molar refractivity (Wildman–Crippen MR) is 81.9 cm³/mol. The Morgan fingerprint density at radius 2 is 2.15 bits per heavy atom. The van der Waals surface area contributed by atoms with E-state index >= 15 is 0 Å². The molecule has 0 aromatic heterocycles. The summed E-state index contributed by atoms with van der Waals surface area (Å²) in [6.45, 7) is 4.01. The highest BCUT2D eigenvalue weighted by atomic mass is 32.2. The van der Waals surface area contributed by atoms with E-state index in [1.54, 1.807) is 4.90 Å². The maximum Gasteiger partial charge on any atom is 0.281 e. The van der Waals surface area contributed by atoms with Crippen LogP contribution in [0.4, 0.5) is 4.79 Å². The van der Waals surface area contributed by atoms with Crippen molar-refractivity contribution in [2.24, 2.45) is 0 Å². The Kier molecular flexibility index (Phi) is 5.47. The average Bonchev–Trinajstić information content (AvgIpc) is 2.89. The van der Waals surface area contributed by atoms with Gasteiger partial charge in [-0.05, 0) is 11.5 Å². The van der Waals surface area contributed by atoms with Gasteiger partial charge < -0.3 is 10.2 Å². The third kappa shape index (κ3) is 4.27. The zero-order valence-corrected chi connectivity index (χ0v) is 12.5. The van der Waals surface area contributed by atoms with Gasteiger partial charge in [0.15, 0.2) is 0 Å². The molecule has 2 rings (SSSR count). The maximum atomic E-state index is 11.8. The number of nitrogens with one attached hydrogen (secondary N) is 1. The summed E-state index contributed by atoms with van der Waals surface area (Å²) in [6.07, 6.45) is 0.383. The molecule has 5 heteroatoms. The Morgan fingerprint density at radius 3 is 2.80 bits per heavy atom. The minimum Gasteiger partial charge on any atom is -0.355 e. The molecular weight excluding hydrogens is 272 g/mol. The molecule has 1 unspecified atom stereocenters. The molecule has 4 nitrogen and oxygen atoms in total. The van der Waals surface area contributed by atoms with Crippen molar-refractivity contribution in [2.45, 2.75) is 19.3 Å². The number of hydrogen-bond acceptors (Lipinski definition) is 3. The van der Waals surface area contributed by atoms with Crippen LogP contribution in [0.5, 0.6) is 0 Å². The van der Waals surface area contributed by atoms with Crippen LogP contribution in [0.2, 0.25) is 0 Å². The van der Waals surface area contributed by atoms with E-state index in [0.717, 1.165) is 12.3 Å². The van der Waals surface area contributed by atoms with Gasteiger partial charge in [0.1, 0.15) is 0 Å². The zero-order valence-electron chi connectivity index (χ0n) is 11.7. The summed E-state index contributed by atoms with van der Waals surface area (Å²) in [5.41, 5.74) is 1.22. The molecule has 1 aromatic carbocycles. The fraction of sp³-hybridized carbons (Fsp3) is 0.467. The Hall–Kier alpha value is -1.49. The molecule has 0 aliphatic carbocycles. The monoisotopic (exact) mass is 292 g/mol. The van der Waals surface area contributed by atoms with Crippen LogP contribution in [0.3, 0.4) is 0 Å².